The van der Waals surface area contributed by atoms with Crippen LogP contribution in [0.25, 0.3) is 0 Å². The number of methoxy groups -OCH3 is 1. The molecular weight excluding hydrogens is 210 g/mol. The van der Waals surface area contributed by atoms with Gasteiger partial charge in [-0.05, 0) is 13.3 Å². The molecule has 2 aliphatic rings. The van der Waals surface area contributed by atoms with Crippen LogP contribution in [0.4, 0.5) is 0 Å². The summed E-state index contributed by atoms with van der Waals surface area (Å²) >= 11 is 0. The predicted octanol–water partition coefficient (Wildman–Crippen LogP) is 0.111. The summed E-state index contributed by atoms with van der Waals surface area (Å²) in [5.74, 6) is -0.823. The van der Waals surface area contributed by atoms with Gasteiger partial charge in [-0.3, -0.25) is 14.5 Å². The number of nitrogens with zero attached hydrogens (tertiary/aromatic N) is 1. The molecule has 0 spiro atoms. The summed E-state index contributed by atoms with van der Waals surface area (Å²) in [6, 6.07) is 0. The molecule has 0 aromatic heterocycles. The van der Waals surface area contributed by atoms with Crippen LogP contribution in [0.15, 0.2) is 11.6 Å². The van der Waals surface area contributed by atoms with Gasteiger partial charge in [0.25, 0.3) is 0 Å². The average Bonchev–Trinajstić information content (AvgIpc) is 3.02. The molecule has 2 fully saturated rings. The second-order valence-electron chi connectivity index (χ2n) is 4.11. The second kappa shape index (κ2) is 3.73. The quantitative estimate of drug-likeness (QED) is 0.387. The number of likely N-dealkylation sites (tertiary alicyclic amines) is 1. The van der Waals surface area contributed by atoms with Gasteiger partial charge in [0.15, 0.2) is 0 Å². The summed E-state index contributed by atoms with van der Waals surface area (Å²) in [5, 5.41) is 0. The van der Waals surface area contributed by atoms with Crippen LogP contribution >= 0.6 is 0 Å². The minimum Gasteiger partial charge on any atom is -0.466 e. The van der Waals surface area contributed by atoms with Gasteiger partial charge in [0, 0.05) is 12.1 Å². The number of carbonyl (C=O) groups excluding carboxylic acids is 3. The van der Waals surface area contributed by atoms with E-state index in [1.807, 2.05) is 0 Å². The van der Waals surface area contributed by atoms with Crippen LogP contribution in [-0.2, 0) is 19.1 Å². The summed E-state index contributed by atoms with van der Waals surface area (Å²) in [6.07, 6.45) is 2.25. The van der Waals surface area contributed by atoms with Gasteiger partial charge in [-0.2, -0.15) is 0 Å². The van der Waals surface area contributed by atoms with Gasteiger partial charge < -0.3 is 4.74 Å². The van der Waals surface area contributed by atoms with E-state index in [1.54, 1.807) is 13.0 Å². The number of ether oxygens (including phenoxy) is 1. The summed E-state index contributed by atoms with van der Waals surface area (Å²) in [6.45, 7) is 1.77. The predicted molar refractivity (Wildman–Crippen MR) is 54.1 cm³/mol. The molecule has 0 N–H and O–H groups in total. The van der Waals surface area contributed by atoms with Crippen LogP contribution < -0.4 is 0 Å². The van der Waals surface area contributed by atoms with E-state index < -0.39 is 5.97 Å². The van der Waals surface area contributed by atoms with Crippen LogP contribution in [-0.4, -0.2) is 36.3 Å². The lowest BCUT2D eigenvalue weighted by molar-refractivity contribution is -0.141. The van der Waals surface area contributed by atoms with Gasteiger partial charge >= 0.3 is 5.97 Å². The van der Waals surface area contributed by atoms with E-state index in [1.165, 1.54) is 12.0 Å². The Labute approximate surface area is 93.0 Å². The highest BCUT2D eigenvalue weighted by atomic mass is 16.5. The maximum absolute atomic E-state index is 11.6. The number of carbonyl (C=O) groups is 3. The van der Waals surface area contributed by atoms with Crippen molar-refractivity contribution in [2.45, 2.75) is 13.3 Å². The SMILES string of the molecule is COC(=O)C(C)=CCN1C(=O)C2CC2C1=O. The third-order valence-electron chi connectivity index (χ3n) is 3.04. The number of piperidine rings is 1. The first-order chi connectivity index (χ1) is 7.56. The van der Waals surface area contributed by atoms with Crippen molar-refractivity contribution in [1.82, 2.24) is 4.90 Å². The molecule has 0 radical (unpaired) electrons. The smallest absolute Gasteiger partial charge is 0.333 e. The van der Waals surface area contributed by atoms with E-state index in [0.29, 0.717) is 12.0 Å². The van der Waals surface area contributed by atoms with E-state index in [2.05, 4.69) is 4.74 Å². The highest BCUT2D eigenvalue weighted by molar-refractivity contribution is 6.09. The minimum absolute atomic E-state index is 0.0840. The number of fused-ring (bicyclic) bond motifs is 1. The van der Waals surface area contributed by atoms with Gasteiger partial charge in [0.2, 0.25) is 11.8 Å². The highest BCUT2D eigenvalue weighted by Gasteiger charge is 2.58. The van der Waals surface area contributed by atoms with Crippen molar-refractivity contribution in [3.8, 4) is 0 Å². The zero-order valence-electron chi connectivity index (χ0n) is 9.23. The molecule has 86 valence electrons. The average molecular weight is 223 g/mol. The Morgan fingerprint density at radius 1 is 1.44 bits per heavy atom. The first-order valence-corrected chi connectivity index (χ1v) is 5.16. The molecule has 5 heteroatoms. The standard InChI is InChI=1S/C11H13NO4/c1-6(11(15)16-2)3-4-12-9(13)7-5-8(7)10(12)14/h3,7-8H,4-5H2,1-2H3. The van der Waals surface area contributed by atoms with Gasteiger partial charge in [-0.25, -0.2) is 4.79 Å². The number of hydrogen-bond acceptors (Lipinski definition) is 4. The maximum Gasteiger partial charge on any atom is 0.333 e. The zero-order valence-corrected chi connectivity index (χ0v) is 9.23. The molecule has 5 nitrogen and oxygen atoms in total. The monoisotopic (exact) mass is 223 g/mol. The van der Waals surface area contributed by atoms with Crippen LogP contribution in [0.3, 0.4) is 0 Å². The van der Waals surface area contributed by atoms with Crippen molar-refractivity contribution in [1.29, 1.82) is 0 Å². The number of amides is 2. The molecule has 0 bridgehead atoms. The lowest BCUT2D eigenvalue weighted by Crippen LogP contribution is -2.33. The van der Waals surface area contributed by atoms with Gasteiger partial charge in [-0.1, -0.05) is 6.08 Å². The van der Waals surface area contributed by atoms with Crippen LogP contribution in [0.2, 0.25) is 0 Å². The number of esters is 1. The Morgan fingerprint density at radius 2 is 2.00 bits per heavy atom. The van der Waals surface area contributed by atoms with Crippen molar-refractivity contribution in [2.24, 2.45) is 11.8 Å². The fourth-order valence-electron chi connectivity index (χ4n) is 1.90. The molecule has 1 saturated carbocycles. The van der Waals surface area contributed by atoms with Crippen LogP contribution in [0.5, 0.6) is 0 Å². The molecule has 1 aliphatic carbocycles. The topological polar surface area (TPSA) is 63.7 Å². The van der Waals surface area contributed by atoms with Crippen molar-refractivity contribution >= 4 is 17.8 Å². The first-order valence-electron chi connectivity index (χ1n) is 5.16. The summed E-state index contributed by atoms with van der Waals surface area (Å²) in [4.78, 5) is 35.4. The van der Waals surface area contributed by atoms with Crippen molar-refractivity contribution in [2.75, 3.05) is 13.7 Å². The van der Waals surface area contributed by atoms with E-state index >= 15 is 0 Å². The van der Waals surface area contributed by atoms with E-state index in [4.69, 9.17) is 0 Å². The first kappa shape index (κ1) is 10.9. The van der Waals surface area contributed by atoms with Crippen molar-refractivity contribution in [3.63, 3.8) is 0 Å². The Balaban J connectivity index is 1.98. The third-order valence-corrected chi connectivity index (χ3v) is 3.04. The third kappa shape index (κ3) is 1.62. The van der Waals surface area contributed by atoms with Gasteiger partial charge in [0.1, 0.15) is 0 Å². The summed E-state index contributed by atoms with van der Waals surface area (Å²) in [7, 11) is 1.29. The lowest BCUT2D eigenvalue weighted by Gasteiger charge is -2.13. The molecule has 2 rings (SSSR count). The van der Waals surface area contributed by atoms with Gasteiger partial charge in [0.05, 0.1) is 18.9 Å². The maximum atomic E-state index is 11.6. The van der Waals surface area contributed by atoms with E-state index in [-0.39, 0.29) is 30.2 Å². The molecule has 1 aliphatic heterocycles. The Hall–Kier alpha value is -1.65. The molecule has 0 aromatic carbocycles. The molecule has 0 aromatic rings. The molecule has 2 amide bonds. The molecule has 2 unspecified atom stereocenters. The Kier molecular flexibility index (Phi) is 2.53. The number of imide groups is 1. The normalized spacial score (nSPS) is 28.1. The minimum atomic E-state index is -0.441. The largest absolute Gasteiger partial charge is 0.466 e. The van der Waals surface area contributed by atoms with E-state index in [0.717, 1.165) is 0 Å². The van der Waals surface area contributed by atoms with Crippen molar-refractivity contribution in [3.05, 3.63) is 11.6 Å². The van der Waals surface area contributed by atoms with Gasteiger partial charge in [-0.15, -0.1) is 0 Å². The van der Waals surface area contributed by atoms with Crippen LogP contribution in [0, 0.1) is 11.8 Å². The summed E-state index contributed by atoms with van der Waals surface area (Å²) < 4.78 is 4.52. The Morgan fingerprint density at radius 3 is 2.50 bits per heavy atom. The number of hydrogen-bond donors (Lipinski definition) is 0. The number of rotatable bonds is 3. The molecular formula is C11H13NO4. The zero-order chi connectivity index (χ0) is 11.9. The molecule has 1 heterocycles. The fraction of sp³-hybridized carbons (Fsp3) is 0.545. The lowest BCUT2D eigenvalue weighted by atomic mass is 10.2. The summed E-state index contributed by atoms with van der Waals surface area (Å²) in [5.41, 5.74) is 0.406. The second-order valence-corrected chi connectivity index (χ2v) is 4.11. The van der Waals surface area contributed by atoms with E-state index in [9.17, 15) is 14.4 Å². The van der Waals surface area contributed by atoms with Crippen LogP contribution in [0.1, 0.15) is 13.3 Å². The van der Waals surface area contributed by atoms with Crippen molar-refractivity contribution < 1.29 is 19.1 Å². The molecule has 16 heavy (non-hydrogen) atoms. The fourth-order valence-corrected chi connectivity index (χ4v) is 1.90. The molecule has 2 atom stereocenters. The highest BCUT2D eigenvalue weighted by Crippen LogP contribution is 2.46. The Bertz CT molecular complexity index is 379. The molecule has 1 saturated heterocycles.